The van der Waals surface area contributed by atoms with Crippen LogP contribution in [-0.4, -0.2) is 52.7 Å². The van der Waals surface area contributed by atoms with Gasteiger partial charge in [-0.2, -0.15) is 0 Å². The predicted molar refractivity (Wildman–Crippen MR) is 118 cm³/mol. The first kappa shape index (κ1) is 21.2. The number of hydrogen-bond acceptors (Lipinski definition) is 5. The third kappa shape index (κ3) is 3.82. The maximum Gasteiger partial charge on any atom is 0.264 e. The molecule has 0 aromatic heterocycles. The molecule has 0 aliphatic carbocycles. The summed E-state index contributed by atoms with van der Waals surface area (Å²) in [5.74, 6) is 0.637. The third-order valence-electron chi connectivity index (χ3n) is 6.05. The Kier molecular flexibility index (Phi) is 6.04. The zero-order valence-electron chi connectivity index (χ0n) is 17.9. The molecular weight excluding hydrogens is 400 g/mol. The Hall–Kier alpha value is -2.09. The average Bonchev–Trinajstić information content (AvgIpc) is 2.92. The van der Waals surface area contributed by atoms with E-state index in [2.05, 4.69) is 11.8 Å². The van der Waals surface area contributed by atoms with Crippen molar-refractivity contribution >= 4 is 15.7 Å². The van der Waals surface area contributed by atoms with Crippen molar-refractivity contribution in [3.05, 3.63) is 53.6 Å². The fourth-order valence-electron chi connectivity index (χ4n) is 4.53. The Balaban J connectivity index is 1.82. The minimum absolute atomic E-state index is 0.149. The number of morpholine rings is 1. The molecule has 30 heavy (non-hydrogen) atoms. The Morgan fingerprint density at radius 3 is 2.60 bits per heavy atom. The minimum atomic E-state index is -3.71. The van der Waals surface area contributed by atoms with E-state index in [0.29, 0.717) is 35.9 Å². The van der Waals surface area contributed by atoms with Crippen LogP contribution in [0.4, 0.5) is 5.69 Å². The fourth-order valence-corrected chi connectivity index (χ4v) is 6.02. The minimum Gasteiger partial charge on any atom is -0.497 e. The summed E-state index contributed by atoms with van der Waals surface area (Å²) in [5, 5.41) is 0. The van der Waals surface area contributed by atoms with Crippen molar-refractivity contribution in [3.63, 3.8) is 0 Å². The zero-order valence-corrected chi connectivity index (χ0v) is 18.7. The van der Waals surface area contributed by atoms with Gasteiger partial charge >= 0.3 is 0 Å². The molecule has 0 unspecified atom stereocenters. The van der Waals surface area contributed by atoms with Crippen molar-refractivity contribution in [2.75, 3.05) is 37.7 Å². The number of aryl methyl sites for hydroxylation is 1. The van der Waals surface area contributed by atoms with E-state index < -0.39 is 10.0 Å². The van der Waals surface area contributed by atoms with E-state index in [1.807, 2.05) is 37.3 Å². The van der Waals surface area contributed by atoms with E-state index in [-0.39, 0.29) is 12.1 Å². The Labute approximate surface area is 179 Å². The molecule has 2 aliphatic heterocycles. The van der Waals surface area contributed by atoms with E-state index in [1.165, 1.54) is 0 Å². The summed E-state index contributed by atoms with van der Waals surface area (Å²) in [5.41, 5.74) is 2.59. The number of rotatable bonds is 5. The molecule has 1 saturated heterocycles. The summed E-state index contributed by atoms with van der Waals surface area (Å²) in [7, 11) is -2.11. The monoisotopic (exact) mass is 430 g/mol. The molecule has 2 atom stereocenters. The van der Waals surface area contributed by atoms with E-state index in [1.54, 1.807) is 23.5 Å². The van der Waals surface area contributed by atoms with Crippen LogP contribution < -0.4 is 9.04 Å². The van der Waals surface area contributed by atoms with Gasteiger partial charge in [0.2, 0.25) is 0 Å². The summed E-state index contributed by atoms with van der Waals surface area (Å²) in [6.07, 6.45) is 1.63. The number of anilines is 1. The molecular formula is C23H30N2O4S. The van der Waals surface area contributed by atoms with Crippen molar-refractivity contribution in [1.29, 1.82) is 0 Å². The van der Waals surface area contributed by atoms with Crippen LogP contribution in [0.2, 0.25) is 0 Å². The number of fused-ring (bicyclic) bond motifs is 3. The molecule has 162 valence electrons. The molecule has 7 heteroatoms. The standard InChI is InChI=1S/C23H30N2O4S/c1-4-12-24-14-15-29-23-20-10-7-18(28-3)16-22(20)25(13-11-21(23)24)30(26,27)19-8-5-17(2)6-9-19/h5-10,16,21,23H,4,11-15H2,1-3H3/t21-,23-/m1/s1. The lowest BCUT2D eigenvalue weighted by molar-refractivity contribution is -0.0732. The maximum absolute atomic E-state index is 13.7. The van der Waals surface area contributed by atoms with Crippen LogP contribution >= 0.6 is 0 Å². The second kappa shape index (κ2) is 8.57. The first-order valence-electron chi connectivity index (χ1n) is 10.6. The van der Waals surface area contributed by atoms with Gasteiger partial charge in [0.05, 0.1) is 24.3 Å². The summed E-state index contributed by atoms with van der Waals surface area (Å²) in [6, 6.07) is 12.9. The van der Waals surface area contributed by atoms with Gasteiger partial charge in [0.1, 0.15) is 11.9 Å². The van der Waals surface area contributed by atoms with Crippen molar-refractivity contribution in [1.82, 2.24) is 4.90 Å². The summed E-state index contributed by atoms with van der Waals surface area (Å²) in [6.45, 7) is 7.05. The fraction of sp³-hybridized carbons (Fsp3) is 0.478. The molecule has 0 amide bonds. The molecule has 6 nitrogen and oxygen atoms in total. The van der Waals surface area contributed by atoms with Gasteiger partial charge in [-0.25, -0.2) is 8.42 Å². The van der Waals surface area contributed by atoms with Crippen LogP contribution in [0.15, 0.2) is 47.4 Å². The lowest BCUT2D eigenvalue weighted by Gasteiger charge is -2.40. The number of benzene rings is 2. The molecule has 2 heterocycles. The van der Waals surface area contributed by atoms with E-state index in [4.69, 9.17) is 9.47 Å². The number of sulfonamides is 1. The van der Waals surface area contributed by atoms with Crippen LogP contribution in [0.3, 0.4) is 0 Å². The second-order valence-corrected chi connectivity index (χ2v) is 9.86. The van der Waals surface area contributed by atoms with E-state index in [0.717, 1.165) is 30.6 Å². The van der Waals surface area contributed by atoms with E-state index in [9.17, 15) is 8.42 Å². The maximum atomic E-state index is 13.7. The Morgan fingerprint density at radius 1 is 1.13 bits per heavy atom. The molecule has 0 saturated carbocycles. The first-order valence-corrected chi connectivity index (χ1v) is 12.0. The van der Waals surface area contributed by atoms with Gasteiger partial charge in [-0.3, -0.25) is 9.21 Å². The molecule has 2 aliphatic rings. The highest BCUT2D eigenvalue weighted by Gasteiger charge is 2.40. The molecule has 0 spiro atoms. The van der Waals surface area contributed by atoms with Crippen molar-refractivity contribution in [3.8, 4) is 5.75 Å². The molecule has 2 aromatic carbocycles. The van der Waals surface area contributed by atoms with Crippen LogP contribution in [0.1, 0.15) is 37.0 Å². The SMILES string of the molecule is CCCN1CCO[C@@H]2c3ccc(OC)cc3N(S(=O)(=O)c3ccc(C)cc3)CC[C@H]21. The van der Waals surface area contributed by atoms with Crippen molar-refractivity contribution in [2.45, 2.75) is 43.7 Å². The predicted octanol–water partition coefficient (Wildman–Crippen LogP) is 3.75. The lowest BCUT2D eigenvalue weighted by Crippen LogP contribution is -2.47. The average molecular weight is 431 g/mol. The number of methoxy groups -OCH3 is 1. The summed E-state index contributed by atoms with van der Waals surface area (Å²) in [4.78, 5) is 2.75. The van der Waals surface area contributed by atoms with Gasteiger partial charge in [0.25, 0.3) is 10.0 Å². The molecule has 1 fully saturated rings. The molecule has 0 bridgehead atoms. The number of hydrogen-bond donors (Lipinski definition) is 0. The Morgan fingerprint density at radius 2 is 1.90 bits per heavy atom. The van der Waals surface area contributed by atoms with Crippen LogP contribution in [-0.2, 0) is 14.8 Å². The second-order valence-electron chi connectivity index (χ2n) is 8.00. The highest BCUT2D eigenvalue weighted by molar-refractivity contribution is 7.92. The zero-order chi connectivity index (χ0) is 21.3. The van der Waals surface area contributed by atoms with Gasteiger partial charge < -0.3 is 9.47 Å². The quantitative estimate of drug-likeness (QED) is 0.723. The van der Waals surface area contributed by atoms with Crippen LogP contribution in [0, 0.1) is 6.92 Å². The smallest absolute Gasteiger partial charge is 0.264 e. The number of nitrogens with zero attached hydrogens (tertiary/aromatic N) is 2. The summed E-state index contributed by atoms with van der Waals surface area (Å²) < 4.78 is 40.5. The van der Waals surface area contributed by atoms with Gasteiger partial charge in [-0.05, 0) is 44.5 Å². The van der Waals surface area contributed by atoms with Crippen LogP contribution in [0.5, 0.6) is 5.75 Å². The lowest BCUT2D eigenvalue weighted by atomic mass is 9.96. The molecule has 0 N–H and O–H groups in total. The van der Waals surface area contributed by atoms with Gasteiger partial charge in [0.15, 0.2) is 0 Å². The third-order valence-corrected chi connectivity index (χ3v) is 7.88. The highest BCUT2D eigenvalue weighted by Crippen LogP contribution is 2.42. The van der Waals surface area contributed by atoms with Gasteiger partial charge in [-0.15, -0.1) is 0 Å². The van der Waals surface area contributed by atoms with Crippen LogP contribution in [0.25, 0.3) is 0 Å². The summed E-state index contributed by atoms with van der Waals surface area (Å²) >= 11 is 0. The van der Waals surface area contributed by atoms with E-state index >= 15 is 0 Å². The largest absolute Gasteiger partial charge is 0.497 e. The van der Waals surface area contributed by atoms with Crippen molar-refractivity contribution in [2.24, 2.45) is 0 Å². The molecule has 4 rings (SSSR count). The molecule has 0 radical (unpaired) electrons. The van der Waals surface area contributed by atoms with Gasteiger partial charge in [-0.1, -0.05) is 30.7 Å². The van der Waals surface area contributed by atoms with Gasteiger partial charge in [0, 0.05) is 30.8 Å². The normalized spacial score (nSPS) is 22.2. The first-order chi connectivity index (χ1) is 14.5. The highest BCUT2D eigenvalue weighted by atomic mass is 32.2. The number of ether oxygens (including phenoxy) is 2. The Bertz CT molecular complexity index is 989. The van der Waals surface area contributed by atoms with Crippen molar-refractivity contribution < 1.29 is 17.9 Å². The molecule has 2 aromatic rings. The topological polar surface area (TPSA) is 59.1 Å².